The molecule has 4 nitrogen and oxygen atoms in total. The number of hydrogen-bond acceptors (Lipinski definition) is 3. The maximum atomic E-state index is 11.8. The van der Waals surface area contributed by atoms with Crippen LogP contribution in [0.25, 0.3) is 0 Å². The van der Waals surface area contributed by atoms with Gasteiger partial charge in [-0.25, -0.2) is 13.1 Å². The Bertz CT molecular complexity index is 284. The first-order valence-corrected chi connectivity index (χ1v) is 7.79. The molecule has 0 aromatic heterocycles. The summed E-state index contributed by atoms with van der Waals surface area (Å²) in [5, 5.41) is -0.139. The Morgan fingerprint density at radius 3 is 2.56 bits per heavy atom. The standard InChI is InChI=1S/C11H24N2O2S/c1-10(9-12)5-4-8-13-16(14,15)11-6-2-3-7-11/h10-11,13H,2-9,12H2,1H3. The van der Waals surface area contributed by atoms with Gasteiger partial charge in [-0.15, -0.1) is 0 Å². The SMILES string of the molecule is CC(CN)CCCNS(=O)(=O)C1CCCC1. The van der Waals surface area contributed by atoms with Crippen molar-refractivity contribution in [2.24, 2.45) is 11.7 Å². The zero-order chi connectivity index (χ0) is 12.0. The van der Waals surface area contributed by atoms with E-state index < -0.39 is 10.0 Å². The van der Waals surface area contributed by atoms with Crippen molar-refractivity contribution >= 4 is 10.0 Å². The average Bonchev–Trinajstić information content (AvgIpc) is 2.78. The minimum Gasteiger partial charge on any atom is -0.330 e. The van der Waals surface area contributed by atoms with Crippen LogP contribution >= 0.6 is 0 Å². The van der Waals surface area contributed by atoms with Gasteiger partial charge in [0.15, 0.2) is 0 Å². The summed E-state index contributed by atoms with van der Waals surface area (Å²) in [6, 6.07) is 0. The second-order valence-corrected chi connectivity index (χ2v) is 6.87. The van der Waals surface area contributed by atoms with Gasteiger partial charge in [0.1, 0.15) is 0 Å². The lowest BCUT2D eigenvalue weighted by Crippen LogP contribution is -2.33. The molecule has 96 valence electrons. The fourth-order valence-corrected chi connectivity index (χ4v) is 3.72. The molecule has 3 N–H and O–H groups in total. The third-order valence-electron chi connectivity index (χ3n) is 3.32. The van der Waals surface area contributed by atoms with E-state index in [9.17, 15) is 8.42 Å². The highest BCUT2D eigenvalue weighted by molar-refractivity contribution is 7.90. The lowest BCUT2D eigenvalue weighted by Gasteiger charge is -2.13. The number of rotatable bonds is 7. The third-order valence-corrected chi connectivity index (χ3v) is 5.28. The van der Waals surface area contributed by atoms with E-state index in [0.29, 0.717) is 19.0 Å². The topological polar surface area (TPSA) is 72.2 Å². The lowest BCUT2D eigenvalue weighted by molar-refractivity contribution is 0.511. The first-order chi connectivity index (χ1) is 7.56. The van der Waals surface area contributed by atoms with E-state index >= 15 is 0 Å². The summed E-state index contributed by atoms with van der Waals surface area (Å²) in [6.07, 6.45) is 5.63. The summed E-state index contributed by atoms with van der Waals surface area (Å²) in [4.78, 5) is 0. The second kappa shape index (κ2) is 6.57. The summed E-state index contributed by atoms with van der Waals surface area (Å²) in [5.41, 5.74) is 5.50. The van der Waals surface area contributed by atoms with E-state index in [1.165, 1.54) is 0 Å². The average molecular weight is 248 g/mol. The summed E-state index contributed by atoms with van der Waals surface area (Å²) in [6.45, 7) is 3.32. The molecule has 1 fully saturated rings. The van der Waals surface area contributed by atoms with Gasteiger partial charge in [0, 0.05) is 6.54 Å². The molecular weight excluding hydrogens is 224 g/mol. The van der Waals surface area contributed by atoms with Crippen molar-refractivity contribution < 1.29 is 8.42 Å². The molecule has 1 aliphatic carbocycles. The molecule has 1 unspecified atom stereocenters. The summed E-state index contributed by atoms with van der Waals surface area (Å²) < 4.78 is 26.3. The van der Waals surface area contributed by atoms with Crippen LogP contribution < -0.4 is 10.5 Å². The maximum absolute atomic E-state index is 11.8. The zero-order valence-electron chi connectivity index (χ0n) is 10.1. The van der Waals surface area contributed by atoms with E-state index in [1.807, 2.05) is 0 Å². The van der Waals surface area contributed by atoms with Crippen molar-refractivity contribution in [3.8, 4) is 0 Å². The number of hydrogen-bond donors (Lipinski definition) is 2. The molecule has 0 aromatic rings. The minimum absolute atomic E-state index is 0.139. The Morgan fingerprint density at radius 1 is 1.38 bits per heavy atom. The third kappa shape index (κ3) is 4.39. The van der Waals surface area contributed by atoms with Crippen molar-refractivity contribution in [3.63, 3.8) is 0 Å². The van der Waals surface area contributed by atoms with E-state index in [1.54, 1.807) is 0 Å². The van der Waals surface area contributed by atoms with Crippen molar-refractivity contribution in [2.75, 3.05) is 13.1 Å². The number of sulfonamides is 1. The molecule has 1 atom stereocenters. The normalized spacial score (nSPS) is 20.1. The van der Waals surface area contributed by atoms with E-state index in [0.717, 1.165) is 38.5 Å². The van der Waals surface area contributed by atoms with Crippen LogP contribution in [0, 0.1) is 5.92 Å². The smallest absolute Gasteiger partial charge is 0.214 e. The van der Waals surface area contributed by atoms with Gasteiger partial charge in [0.05, 0.1) is 5.25 Å². The Balaban J connectivity index is 2.20. The molecule has 0 heterocycles. The highest BCUT2D eigenvalue weighted by Gasteiger charge is 2.27. The number of nitrogens with one attached hydrogen (secondary N) is 1. The fraction of sp³-hybridized carbons (Fsp3) is 1.00. The highest BCUT2D eigenvalue weighted by Crippen LogP contribution is 2.23. The van der Waals surface area contributed by atoms with Crippen LogP contribution in [-0.4, -0.2) is 26.8 Å². The van der Waals surface area contributed by atoms with E-state index in [4.69, 9.17) is 5.73 Å². The van der Waals surface area contributed by atoms with Gasteiger partial charge in [-0.3, -0.25) is 0 Å². The van der Waals surface area contributed by atoms with Gasteiger partial charge in [0.2, 0.25) is 10.0 Å². The van der Waals surface area contributed by atoms with Crippen LogP contribution in [0.2, 0.25) is 0 Å². The molecule has 0 saturated heterocycles. The molecule has 0 spiro atoms. The Kier molecular flexibility index (Phi) is 5.72. The van der Waals surface area contributed by atoms with Gasteiger partial charge in [-0.1, -0.05) is 19.8 Å². The van der Waals surface area contributed by atoms with Crippen LogP contribution in [0.3, 0.4) is 0 Å². The van der Waals surface area contributed by atoms with Crippen molar-refractivity contribution in [1.82, 2.24) is 4.72 Å². The maximum Gasteiger partial charge on any atom is 0.214 e. The quantitative estimate of drug-likeness (QED) is 0.665. The van der Waals surface area contributed by atoms with Gasteiger partial charge >= 0.3 is 0 Å². The predicted octanol–water partition coefficient (Wildman–Crippen LogP) is 1.22. The van der Waals surface area contributed by atoms with Crippen molar-refractivity contribution in [1.29, 1.82) is 0 Å². The second-order valence-electron chi connectivity index (χ2n) is 4.83. The molecular formula is C11H24N2O2S. The first-order valence-electron chi connectivity index (χ1n) is 6.25. The molecule has 0 aliphatic heterocycles. The molecule has 5 heteroatoms. The van der Waals surface area contributed by atoms with Gasteiger partial charge in [0.25, 0.3) is 0 Å². The van der Waals surface area contributed by atoms with Crippen LogP contribution in [0.15, 0.2) is 0 Å². The van der Waals surface area contributed by atoms with E-state index in [2.05, 4.69) is 11.6 Å². The van der Waals surface area contributed by atoms with E-state index in [-0.39, 0.29) is 5.25 Å². The van der Waals surface area contributed by atoms with Crippen molar-refractivity contribution in [3.05, 3.63) is 0 Å². The molecule has 1 aliphatic rings. The van der Waals surface area contributed by atoms with Gasteiger partial charge in [-0.05, 0) is 38.1 Å². The van der Waals surface area contributed by atoms with Gasteiger partial charge < -0.3 is 5.73 Å². The summed E-state index contributed by atoms with van der Waals surface area (Å²) in [5.74, 6) is 0.482. The largest absolute Gasteiger partial charge is 0.330 e. The monoisotopic (exact) mass is 248 g/mol. The van der Waals surface area contributed by atoms with Crippen molar-refractivity contribution in [2.45, 2.75) is 50.7 Å². The Morgan fingerprint density at radius 2 is 2.00 bits per heavy atom. The minimum atomic E-state index is -3.05. The molecule has 1 saturated carbocycles. The fourth-order valence-electron chi connectivity index (χ4n) is 2.10. The van der Waals surface area contributed by atoms with Crippen LogP contribution in [0.5, 0.6) is 0 Å². The van der Waals surface area contributed by atoms with Gasteiger partial charge in [-0.2, -0.15) is 0 Å². The molecule has 0 radical (unpaired) electrons. The predicted molar refractivity (Wildman–Crippen MR) is 66.6 cm³/mol. The summed E-state index contributed by atoms with van der Waals surface area (Å²) >= 11 is 0. The van der Waals surface area contributed by atoms with Crippen LogP contribution in [0.4, 0.5) is 0 Å². The highest BCUT2D eigenvalue weighted by atomic mass is 32.2. The summed E-state index contributed by atoms with van der Waals surface area (Å²) in [7, 11) is -3.05. The van der Waals surface area contributed by atoms with Crippen LogP contribution in [-0.2, 0) is 10.0 Å². The lowest BCUT2D eigenvalue weighted by atomic mass is 10.1. The molecule has 16 heavy (non-hydrogen) atoms. The first kappa shape index (κ1) is 13.9. The number of nitrogens with two attached hydrogens (primary N) is 1. The zero-order valence-corrected chi connectivity index (χ0v) is 10.9. The Labute approximate surface area is 99.0 Å². The molecule has 0 amide bonds. The molecule has 1 rings (SSSR count). The van der Waals surface area contributed by atoms with Crippen LogP contribution in [0.1, 0.15) is 45.4 Å². The molecule has 0 aromatic carbocycles. The molecule has 0 bridgehead atoms. The Hall–Kier alpha value is -0.130.